The van der Waals surface area contributed by atoms with Crippen LogP contribution in [0.4, 0.5) is 11.8 Å². The molecule has 33 heavy (non-hydrogen) atoms. The maximum absolute atomic E-state index is 9.97. The van der Waals surface area contributed by atoms with Gasteiger partial charge in [0.15, 0.2) is 17.0 Å². The molecule has 0 aliphatic rings. The molecule has 0 fully saturated rings. The minimum atomic E-state index is -0.213. The first kappa shape index (κ1) is 22.5. The van der Waals surface area contributed by atoms with Crippen molar-refractivity contribution in [3.63, 3.8) is 0 Å². The van der Waals surface area contributed by atoms with Gasteiger partial charge in [0, 0.05) is 12.6 Å². The van der Waals surface area contributed by atoms with Crippen molar-refractivity contribution in [3.05, 3.63) is 72.1 Å². The average Bonchev–Trinajstić information content (AvgIpc) is 3.27. The van der Waals surface area contributed by atoms with Crippen LogP contribution in [0, 0.1) is 0 Å². The van der Waals surface area contributed by atoms with Gasteiger partial charge in [0.2, 0.25) is 5.95 Å². The summed E-state index contributed by atoms with van der Waals surface area (Å²) < 4.78 is 7.26. The molecule has 0 aliphatic carbocycles. The Labute approximate surface area is 193 Å². The van der Waals surface area contributed by atoms with Crippen molar-refractivity contribution in [2.45, 2.75) is 38.9 Å². The summed E-state index contributed by atoms with van der Waals surface area (Å²) in [6.45, 7) is 4.73. The Balaban J connectivity index is 1.60. The van der Waals surface area contributed by atoms with Crippen LogP contribution in [0.15, 0.2) is 60.9 Å². The third-order valence-corrected chi connectivity index (χ3v) is 5.48. The summed E-state index contributed by atoms with van der Waals surface area (Å²) >= 11 is 0. The molecule has 8 nitrogen and oxygen atoms in total. The molecule has 0 spiro atoms. The van der Waals surface area contributed by atoms with Crippen molar-refractivity contribution in [1.29, 1.82) is 0 Å². The van der Waals surface area contributed by atoms with Gasteiger partial charge in [-0.15, -0.1) is 0 Å². The number of methoxy groups -OCH3 is 1. The van der Waals surface area contributed by atoms with Gasteiger partial charge in [-0.3, -0.25) is 0 Å². The lowest BCUT2D eigenvalue weighted by Gasteiger charge is -2.18. The van der Waals surface area contributed by atoms with Crippen molar-refractivity contribution in [3.8, 4) is 5.75 Å². The van der Waals surface area contributed by atoms with Crippen LogP contribution in [0.5, 0.6) is 5.75 Å². The largest absolute Gasteiger partial charge is 0.497 e. The highest BCUT2D eigenvalue weighted by Gasteiger charge is 2.17. The van der Waals surface area contributed by atoms with Gasteiger partial charge >= 0.3 is 0 Å². The van der Waals surface area contributed by atoms with E-state index >= 15 is 0 Å². The number of hydrogen-bond donors (Lipinski definition) is 3. The van der Waals surface area contributed by atoms with Gasteiger partial charge in [-0.1, -0.05) is 42.5 Å². The van der Waals surface area contributed by atoms with Crippen LogP contribution >= 0.6 is 0 Å². The number of hydrogen-bond acceptors (Lipinski definition) is 7. The Bertz CT molecular complexity index is 1170. The first-order chi connectivity index (χ1) is 16.1. The molecule has 0 saturated heterocycles. The summed E-state index contributed by atoms with van der Waals surface area (Å²) in [6.07, 6.45) is 2.45. The highest BCUT2D eigenvalue weighted by Crippen LogP contribution is 2.24. The molecule has 0 aliphatic heterocycles. The zero-order chi connectivity index (χ0) is 23.2. The fraction of sp³-hybridized carbons (Fsp3) is 0.320. The van der Waals surface area contributed by atoms with Gasteiger partial charge in [-0.25, -0.2) is 4.98 Å². The van der Waals surface area contributed by atoms with Gasteiger partial charge in [-0.05, 0) is 43.5 Å². The lowest BCUT2D eigenvalue weighted by Crippen LogP contribution is -2.27. The molecule has 2 heterocycles. The Kier molecular flexibility index (Phi) is 7.04. The topological polar surface area (TPSA) is 97.1 Å². The summed E-state index contributed by atoms with van der Waals surface area (Å²) in [7, 11) is 1.65. The van der Waals surface area contributed by atoms with E-state index in [1.165, 1.54) is 0 Å². The van der Waals surface area contributed by atoms with Gasteiger partial charge in [0.05, 0.1) is 26.1 Å². The van der Waals surface area contributed by atoms with Crippen molar-refractivity contribution >= 4 is 22.9 Å². The Morgan fingerprint density at radius 1 is 1.00 bits per heavy atom. The molecule has 0 radical (unpaired) electrons. The minimum absolute atomic E-state index is 0.0334. The molecule has 8 heteroatoms. The molecular weight excluding hydrogens is 416 g/mol. The molecular formula is C25H30N6O2. The number of fused-ring (bicyclic) bond motifs is 1. The van der Waals surface area contributed by atoms with Crippen LogP contribution in [0.1, 0.15) is 31.0 Å². The summed E-state index contributed by atoms with van der Waals surface area (Å²) in [4.78, 5) is 14.0. The number of anilines is 2. The normalized spacial score (nSPS) is 12.2. The van der Waals surface area contributed by atoms with Gasteiger partial charge in [-0.2, -0.15) is 9.97 Å². The Morgan fingerprint density at radius 3 is 2.42 bits per heavy atom. The molecule has 0 amide bonds. The lowest BCUT2D eigenvalue weighted by atomic mass is 10.1. The monoisotopic (exact) mass is 446 g/mol. The van der Waals surface area contributed by atoms with Crippen LogP contribution in [0.2, 0.25) is 0 Å². The van der Waals surface area contributed by atoms with E-state index in [-0.39, 0.29) is 18.7 Å². The molecule has 0 saturated carbocycles. The summed E-state index contributed by atoms with van der Waals surface area (Å²) in [6, 6.07) is 17.9. The fourth-order valence-corrected chi connectivity index (χ4v) is 3.65. The van der Waals surface area contributed by atoms with Crippen molar-refractivity contribution < 1.29 is 9.84 Å². The molecule has 172 valence electrons. The smallest absolute Gasteiger partial charge is 0.227 e. The first-order valence-corrected chi connectivity index (χ1v) is 11.1. The zero-order valence-corrected chi connectivity index (χ0v) is 19.2. The van der Waals surface area contributed by atoms with E-state index in [9.17, 15) is 5.11 Å². The van der Waals surface area contributed by atoms with E-state index in [2.05, 4.69) is 29.5 Å². The number of aliphatic hydroxyl groups is 1. The van der Waals surface area contributed by atoms with Crippen molar-refractivity contribution in [1.82, 2.24) is 19.5 Å². The third kappa shape index (κ3) is 5.40. The molecule has 2 aromatic heterocycles. The quantitative estimate of drug-likeness (QED) is 0.338. The second kappa shape index (κ2) is 10.3. The Morgan fingerprint density at radius 2 is 1.76 bits per heavy atom. The molecule has 0 bridgehead atoms. The number of rotatable bonds is 10. The number of benzene rings is 2. The third-order valence-electron chi connectivity index (χ3n) is 5.48. The van der Waals surface area contributed by atoms with E-state index in [4.69, 9.17) is 14.7 Å². The lowest BCUT2D eigenvalue weighted by molar-refractivity contribution is 0.273. The maximum Gasteiger partial charge on any atom is 0.227 e. The van der Waals surface area contributed by atoms with Crippen LogP contribution in [-0.2, 0) is 13.0 Å². The number of ether oxygens (including phenoxy) is 1. The average molecular weight is 447 g/mol. The summed E-state index contributed by atoms with van der Waals surface area (Å²) in [5.74, 6) is 1.92. The van der Waals surface area contributed by atoms with Crippen LogP contribution in [-0.4, -0.2) is 44.4 Å². The van der Waals surface area contributed by atoms with E-state index in [0.29, 0.717) is 30.2 Å². The molecule has 1 atom stereocenters. The van der Waals surface area contributed by atoms with Gasteiger partial charge < -0.3 is 25.0 Å². The molecule has 4 rings (SSSR count). The Hall–Kier alpha value is -3.65. The van der Waals surface area contributed by atoms with Gasteiger partial charge in [0.1, 0.15) is 5.75 Å². The first-order valence-electron chi connectivity index (χ1n) is 11.1. The van der Waals surface area contributed by atoms with Crippen LogP contribution in [0.25, 0.3) is 11.2 Å². The van der Waals surface area contributed by atoms with Crippen molar-refractivity contribution in [2.24, 2.45) is 0 Å². The predicted octanol–water partition coefficient (Wildman–Crippen LogP) is 4.04. The minimum Gasteiger partial charge on any atom is -0.497 e. The number of aliphatic hydroxyl groups excluding tert-OH is 1. The standard InChI is InChI=1S/C25H30N6O2/c1-17(2)31-16-27-22-23(26-14-19-9-11-21(33-3)12-10-19)29-25(30-24(22)31)28-20(15-32)13-18-7-5-4-6-8-18/h4-12,16-17,20,32H,13-15H2,1-3H3,(H2,26,28,29,30). The number of nitrogens with zero attached hydrogens (tertiary/aromatic N) is 4. The van der Waals surface area contributed by atoms with E-state index in [0.717, 1.165) is 22.5 Å². The number of nitrogens with one attached hydrogen (secondary N) is 2. The number of imidazole rings is 1. The fourth-order valence-electron chi connectivity index (χ4n) is 3.65. The molecule has 3 N–H and O–H groups in total. The second-order valence-corrected chi connectivity index (χ2v) is 8.23. The maximum atomic E-state index is 9.97. The van der Waals surface area contributed by atoms with Gasteiger partial charge in [0.25, 0.3) is 0 Å². The van der Waals surface area contributed by atoms with Crippen LogP contribution in [0.3, 0.4) is 0 Å². The molecule has 1 unspecified atom stereocenters. The molecule has 2 aromatic carbocycles. The second-order valence-electron chi connectivity index (χ2n) is 8.23. The van der Waals surface area contributed by atoms with E-state index in [1.54, 1.807) is 13.4 Å². The summed E-state index contributed by atoms with van der Waals surface area (Å²) in [5.41, 5.74) is 3.69. The highest BCUT2D eigenvalue weighted by atomic mass is 16.5. The van der Waals surface area contributed by atoms with E-state index in [1.807, 2.05) is 59.2 Å². The summed E-state index contributed by atoms with van der Waals surface area (Å²) in [5, 5.41) is 16.7. The van der Waals surface area contributed by atoms with E-state index < -0.39 is 0 Å². The van der Waals surface area contributed by atoms with Crippen molar-refractivity contribution in [2.75, 3.05) is 24.4 Å². The SMILES string of the molecule is COc1ccc(CNc2nc(NC(CO)Cc3ccccc3)nc3c2ncn3C(C)C)cc1. The highest BCUT2D eigenvalue weighted by molar-refractivity contribution is 5.84. The predicted molar refractivity (Wildman–Crippen MR) is 131 cm³/mol. The molecule has 4 aromatic rings. The zero-order valence-electron chi connectivity index (χ0n) is 19.2. The van der Waals surface area contributed by atoms with Crippen LogP contribution < -0.4 is 15.4 Å². The number of aromatic nitrogens is 4.